The molecule has 0 saturated carbocycles. The van der Waals surface area contributed by atoms with Gasteiger partial charge in [0, 0.05) is 18.2 Å². The predicted molar refractivity (Wildman–Crippen MR) is 69.0 cm³/mol. The third-order valence-corrected chi connectivity index (χ3v) is 3.77. The van der Waals surface area contributed by atoms with Crippen molar-refractivity contribution in [1.29, 1.82) is 0 Å². The lowest BCUT2D eigenvalue weighted by molar-refractivity contribution is -0.141. The van der Waals surface area contributed by atoms with E-state index in [-0.39, 0.29) is 12.0 Å². The van der Waals surface area contributed by atoms with Crippen LogP contribution < -0.4 is 10.1 Å². The van der Waals surface area contributed by atoms with E-state index in [9.17, 15) is 4.79 Å². The minimum atomic E-state index is -0.729. The Balaban J connectivity index is 2.30. The molecule has 1 fully saturated rings. The maximum atomic E-state index is 11.0. The number of hydrogen-bond acceptors (Lipinski definition) is 3. The Morgan fingerprint density at radius 2 is 2.17 bits per heavy atom. The first kappa shape index (κ1) is 12.9. The van der Waals surface area contributed by atoms with Crippen LogP contribution in [0.25, 0.3) is 0 Å². The van der Waals surface area contributed by atoms with Crippen molar-refractivity contribution in [3.8, 4) is 5.75 Å². The summed E-state index contributed by atoms with van der Waals surface area (Å²) < 4.78 is 5.48. The van der Waals surface area contributed by atoms with Gasteiger partial charge < -0.3 is 15.2 Å². The maximum Gasteiger partial charge on any atom is 0.307 e. The smallest absolute Gasteiger partial charge is 0.307 e. The number of benzene rings is 1. The van der Waals surface area contributed by atoms with Crippen LogP contribution in [-0.4, -0.2) is 24.7 Å². The van der Waals surface area contributed by atoms with Gasteiger partial charge in [-0.15, -0.1) is 0 Å². The molecule has 2 rings (SSSR count). The fraction of sp³-hybridized carbons (Fsp3) is 0.500. The van der Waals surface area contributed by atoms with Gasteiger partial charge in [0.25, 0.3) is 0 Å². The zero-order valence-corrected chi connectivity index (χ0v) is 11.0. The number of carboxylic acids is 1. The molecule has 1 aromatic rings. The minimum absolute atomic E-state index is 0.0698. The normalized spacial score (nSPS) is 23.1. The van der Waals surface area contributed by atoms with Gasteiger partial charge in [0.2, 0.25) is 0 Å². The second kappa shape index (κ2) is 4.98. The fourth-order valence-electron chi connectivity index (χ4n) is 2.52. The highest BCUT2D eigenvalue weighted by Crippen LogP contribution is 2.36. The number of carboxylic acid groups (broad SMARTS) is 1. The average Bonchev–Trinajstić information content (AvgIpc) is 2.82. The monoisotopic (exact) mass is 249 g/mol. The van der Waals surface area contributed by atoms with Gasteiger partial charge in [-0.1, -0.05) is 12.1 Å². The van der Waals surface area contributed by atoms with Gasteiger partial charge in [-0.25, -0.2) is 0 Å². The van der Waals surface area contributed by atoms with Crippen LogP contribution in [0.2, 0.25) is 0 Å². The molecule has 4 nitrogen and oxygen atoms in total. The second-order valence-electron chi connectivity index (χ2n) is 4.86. The van der Waals surface area contributed by atoms with Gasteiger partial charge in [-0.3, -0.25) is 4.79 Å². The van der Waals surface area contributed by atoms with Gasteiger partial charge in [0.15, 0.2) is 0 Å². The third-order valence-electron chi connectivity index (χ3n) is 3.77. The van der Waals surface area contributed by atoms with Crippen LogP contribution in [0.5, 0.6) is 5.75 Å². The van der Waals surface area contributed by atoms with Gasteiger partial charge in [0.1, 0.15) is 5.75 Å². The zero-order valence-electron chi connectivity index (χ0n) is 11.0. The van der Waals surface area contributed by atoms with Crippen molar-refractivity contribution >= 4 is 5.97 Å². The van der Waals surface area contributed by atoms with Crippen LogP contribution in [0.1, 0.15) is 29.2 Å². The highest BCUT2D eigenvalue weighted by molar-refractivity contribution is 5.71. The summed E-state index contributed by atoms with van der Waals surface area (Å²) in [7, 11) is 1.66. The Hall–Kier alpha value is -1.55. The Labute approximate surface area is 107 Å². The average molecular weight is 249 g/mol. The number of aliphatic carboxylic acids is 1. The summed E-state index contributed by atoms with van der Waals surface area (Å²) in [4.78, 5) is 11.0. The number of hydrogen-bond donors (Lipinski definition) is 2. The van der Waals surface area contributed by atoms with Gasteiger partial charge >= 0.3 is 5.97 Å². The van der Waals surface area contributed by atoms with Crippen LogP contribution in [0.15, 0.2) is 12.1 Å². The largest absolute Gasteiger partial charge is 0.496 e. The molecule has 0 aromatic heterocycles. The predicted octanol–water partition coefficient (Wildman–Crippen LogP) is 2.05. The highest BCUT2D eigenvalue weighted by atomic mass is 16.5. The minimum Gasteiger partial charge on any atom is -0.496 e. The standard InChI is InChI=1S/C14H19NO3/c1-8-4-5-11(13(18-3)9(8)2)12-6-10(7-15-12)14(16)17/h4-5,10,12,15H,6-7H2,1-3H3,(H,16,17). The molecule has 0 spiro atoms. The number of methoxy groups -OCH3 is 1. The van der Waals surface area contributed by atoms with E-state index in [0.717, 1.165) is 16.9 Å². The maximum absolute atomic E-state index is 11.0. The molecular weight excluding hydrogens is 230 g/mol. The number of ether oxygens (including phenoxy) is 1. The SMILES string of the molecule is COc1c(C2CC(C(=O)O)CN2)ccc(C)c1C. The molecule has 1 heterocycles. The van der Waals surface area contributed by atoms with E-state index in [1.807, 2.05) is 19.9 Å². The van der Waals surface area contributed by atoms with E-state index < -0.39 is 5.97 Å². The summed E-state index contributed by atoms with van der Waals surface area (Å²) in [6, 6.07) is 4.16. The molecule has 2 unspecified atom stereocenters. The Kier molecular flexibility index (Phi) is 3.57. The van der Waals surface area contributed by atoms with Gasteiger partial charge in [-0.2, -0.15) is 0 Å². The van der Waals surface area contributed by atoms with Gasteiger partial charge in [0.05, 0.1) is 13.0 Å². The van der Waals surface area contributed by atoms with E-state index in [4.69, 9.17) is 9.84 Å². The molecule has 18 heavy (non-hydrogen) atoms. The van der Waals surface area contributed by atoms with Crippen molar-refractivity contribution in [2.45, 2.75) is 26.3 Å². The number of nitrogens with one attached hydrogen (secondary N) is 1. The summed E-state index contributed by atoms with van der Waals surface area (Å²) in [5, 5.41) is 12.3. The first-order valence-electron chi connectivity index (χ1n) is 6.15. The molecule has 0 radical (unpaired) electrons. The molecule has 1 saturated heterocycles. The van der Waals surface area contributed by atoms with Crippen LogP contribution in [0.4, 0.5) is 0 Å². The quantitative estimate of drug-likeness (QED) is 0.860. The highest BCUT2D eigenvalue weighted by Gasteiger charge is 2.31. The van der Waals surface area contributed by atoms with E-state index >= 15 is 0 Å². The third kappa shape index (κ3) is 2.20. The molecule has 1 aliphatic rings. The lowest BCUT2D eigenvalue weighted by Gasteiger charge is -2.18. The van der Waals surface area contributed by atoms with Gasteiger partial charge in [-0.05, 0) is 31.4 Å². The van der Waals surface area contributed by atoms with Crippen LogP contribution in [0.3, 0.4) is 0 Å². The topological polar surface area (TPSA) is 58.6 Å². The summed E-state index contributed by atoms with van der Waals surface area (Å²) in [5.41, 5.74) is 3.36. The van der Waals surface area contributed by atoms with Crippen molar-refractivity contribution in [2.24, 2.45) is 5.92 Å². The Morgan fingerprint density at radius 1 is 1.44 bits per heavy atom. The molecule has 0 bridgehead atoms. The first-order chi connectivity index (χ1) is 8.54. The van der Waals surface area contributed by atoms with E-state index in [2.05, 4.69) is 11.4 Å². The zero-order chi connectivity index (χ0) is 13.3. The Morgan fingerprint density at radius 3 is 2.72 bits per heavy atom. The van der Waals surface area contributed by atoms with Crippen LogP contribution in [-0.2, 0) is 4.79 Å². The molecule has 2 N–H and O–H groups in total. The summed E-state index contributed by atoms with van der Waals surface area (Å²) in [5.74, 6) is -0.160. The molecule has 0 aliphatic carbocycles. The van der Waals surface area contributed by atoms with E-state index in [0.29, 0.717) is 13.0 Å². The second-order valence-corrected chi connectivity index (χ2v) is 4.86. The van der Waals surface area contributed by atoms with Crippen molar-refractivity contribution in [3.05, 3.63) is 28.8 Å². The Bertz CT molecular complexity index is 470. The summed E-state index contributed by atoms with van der Waals surface area (Å²) >= 11 is 0. The molecule has 98 valence electrons. The molecule has 1 aliphatic heterocycles. The number of carbonyl (C=O) groups is 1. The number of aryl methyl sites for hydroxylation is 1. The molecule has 0 amide bonds. The van der Waals surface area contributed by atoms with Crippen molar-refractivity contribution in [1.82, 2.24) is 5.32 Å². The fourth-order valence-corrected chi connectivity index (χ4v) is 2.52. The van der Waals surface area contributed by atoms with E-state index in [1.165, 1.54) is 5.56 Å². The summed E-state index contributed by atoms with van der Waals surface area (Å²) in [6.07, 6.45) is 0.619. The first-order valence-corrected chi connectivity index (χ1v) is 6.15. The lowest BCUT2D eigenvalue weighted by Crippen LogP contribution is -2.17. The summed E-state index contributed by atoms with van der Waals surface area (Å²) in [6.45, 7) is 4.60. The molecule has 4 heteroatoms. The van der Waals surface area contributed by atoms with Crippen molar-refractivity contribution < 1.29 is 14.6 Å². The van der Waals surface area contributed by atoms with E-state index in [1.54, 1.807) is 7.11 Å². The molecule has 2 atom stereocenters. The molecule has 1 aromatic carbocycles. The molecular formula is C14H19NO3. The van der Waals surface area contributed by atoms with Crippen LogP contribution >= 0.6 is 0 Å². The van der Waals surface area contributed by atoms with Crippen LogP contribution in [0, 0.1) is 19.8 Å². The van der Waals surface area contributed by atoms with Crippen molar-refractivity contribution in [2.75, 3.05) is 13.7 Å². The lowest BCUT2D eigenvalue weighted by atomic mass is 9.96. The number of rotatable bonds is 3. The van der Waals surface area contributed by atoms with Crippen molar-refractivity contribution in [3.63, 3.8) is 0 Å².